The molecule has 0 atom stereocenters. The van der Waals surface area contributed by atoms with Crippen molar-refractivity contribution in [3.8, 4) is 0 Å². The van der Waals surface area contributed by atoms with Gasteiger partial charge in [-0.25, -0.2) is 4.39 Å². The molecule has 0 fully saturated rings. The fourth-order valence-corrected chi connectivity index (χ4v) is 2.43. The molecule has 72 valence electrons. The van der Waals surface area contributed by atoms with Crippen molar-refractivity contribution in [2.75, 3.05) is 0 Å². The lowest BCUT2D eigenvalue weighted by molar-refractivity contribution is 0.427. The molecule has 0 saturated carbocycles. The Labute approximate surface area is 88.7 Å². The Morgan fingerprint density at radius 1 is 1.36 bits per heavy atom. The molecule has 1 aromatic carbocycles. The van der Waals surface area contributed by atoms with Crippen molar-refractivity contribution in [2.45, 2.75) is 0 Å². The third-order valence-electron chi connectivity index (χ3n) is 1.86. The minimum atomic E-state index is -1.58. The third kappa shape index (κ3) is 1.52. The molecule has 0 aliphatic carbocycles. The van der Waals surface area contributed by atoms with Crippen LogP contribution in [0.1, 0.15) is 0 Å². The zero-order valence-electron chi connectivity index (χ0n) is 6.87. The van der Waals surface area contributed by atoms with Gasteiger partial charge in [-0.05, 0) is 18.2 Å². The highest BCUT2D eigenvalue weighted by Gasteiger charge is 2.17. The average molecular weight is 230 g/mol. The Bertz CT molecular complexity index is 446. The molecular weight excluding hydrogens is 225 g/mol. The molecule has 2 aromatic rings. The normalized spacial score (nSPS) is 10.9. The van der Waals surface area contributed by atoms with Crippen molar-refractivity contribution in [3.63, 3.8) is 0 Å². The molecule has 0 aliphatic heterocycles. The highest BCUT2D eigenvalue weighted by Crippen LogP contribution is 2.28. The molecule has 0 bridgehead atoms. The van der Waals surface area contributed by atoms with Gasteiger partial charge in [0.1, 0.15) is 5.82 Å². The largest absolute Gasteiger partial charge is 0.499 e. The van der Waals surface area contributed by atoms with E-state index >= 15 is 0 Å². The number of fused-ring (bicyclic) bond motifs is 1. The van der Waals surface area contributed by atoms with Crippen LogP contribution in [-0.2, 0) is 0 Å². The van der Waals surface area contributed by atoms with E-state index in [0.29, 0.717) is 15.1 Å². The standard InChI is InChI=1S/C8H5BClFO2S/c10-5-1-2-6(11)8-4(5)3-7(14-8)9(12)13/h1-3,12-13H. The van der Waals surface area contributed by atoms with Gasteiger partial charge in [-0.1, -0.05) is 11.6 Å². The van der Waals surface area contributed by atoms with E-state index in [2.05, 4.69) is 0 Å². The summed E-state index contributed by atoms with van der Waals surface area (Å²) in [5, 5.41) is 18.7. The van der Waals surface area contributed by atoms with Crippen LogP contribution in [0.2, 0.25) is 5.02 Å². The molecule has 0 spiro atoms. The van der Waals surface area contributed by atoms with E-state index in [-0.39, 0.29) is 4.78 Å². The van der Waals surface area contributed by atoms with Gasteiger partial charge in [-0.2, -0.15) is 0 Å². The topological polar surface area (TPSA) is 40.5 Å². The van der Waals surface area contributed by atoms with Crippen LogP contribution in [-0.4, -0.2) is 17.2 Å². The molecule has 14 heavy (non-hydrogen) atoms. The molecule has 0 radical (unpaired) electrons. The first-order valence-electron chi connectivity index (χ1n) is 3.83. The van der Waals surface area contributed by atoms with Gasteiger partial charge in [0, 0.05) is 15.2 Å². The second-order valence-corrected chi connectivity index (χ2v) is 4.29. The van der Waals surface area contributed by atoms with Crippen molar-refractivity contribution in [1.29, 1.82) is 0 Å². The fraction of sp³-hybridized carbons (Fsp3) is 0. The fourth-order valence-electron chi connectivity index (χ4n) is 1.20. The molecule has 0 aliphatic rings. The van der Waals surface area contributed by atoms with E-state index in [1.54, 1.807) is 0 Å². The molecule has 0 saturated heterocycles. The van der Waals surface area contributed by atoms with Crippen molar-refractivity contribution in [3.05, 3.63) is 29.0 Å². The highest BCUT2D eigenvalue weighted by atomic mass is 35.5. The Morgan fingerprint density at radius 3 is 2.64 bits per heavy atom. The molecule has 0 unspecified atom stereocenters. The van der Waals surface area contributed by atoms with Gasteiger partial charge in [-0.3, -0.25) is 0 Å². The van der Waals surface area contributed by atoms with Crippen molar-refractivity contribution >= 4 is 44.9 Å². The van der Waals surface area contributed by atoms with E-state index in [9.17, 15) is 4.39 Å². The Morgan fingerprint density at radius 2 is 2.07 bits per heavy atom. The summed E-state index contributed by atoms with van der Waals surface area (Å²) in [4.78, 5) is 0. The summed E-state index contributed by atoms with van der Waals surface area (Å²) >= 11 is 6.81. The van der Waals surface area contributed by atoms with E-state index in [1.165, 1.54) is 18.2 Å². The molecule has 0 amide bonds. The summed E-state index contributed by atoms with van der Waals surface area (Å²) in [5.74, 6) is -0.402. The van der Waals surface area contributed by atoms with E-state index in [1.807, 2.05) is 0 Å². The Balaban J connectivity index is 2.75. The molecule has 1 aromatic heterocycles. The third-order valence-corrected chi connectivity index (χ3v) is 3.37. The van der Waals surface area contributed by atoms with Gasteiger partial charge in [0.15, 0.2) is 0 Å². The summed E-state index contributed by atoms with van der Waals surface area (Å²) in [7, 11) is -1.58. The van der Waals surface area contributed by atoms with Gasteiger partial charge in [0.2, 0.25) is 0 Å². The quantitative estimate of drug-likeness (QED) is 0.727. The second-order valence-electron chi connectivity index (χ2n) is 2.79. The van der Waals surface area contributed by atoms with Gasteiger partial charge in [0.25, 0.3) is 0 Å². The smallest absolute Gasteiger partial charge is 0.423 e. The first kappa shape index (κ1) is 9.92. The number of hydrogen-bond donors (Lipinski definition) is 2. The number of rotatable bonds is 1. The molecular formula is C8H5BClFO2S. The van der Waals surface area contributed by atoms with E-state index < -0.39 is 12.9 Å². The van der Waals surface area contributed by atoms with Crippen LogP contribution in [0.15, 0.2) is 18.2 Å². The molecule has 2 N–H and O–H groups in total. The number of thiophene rings is 1. The molecule has 2 nitrogen and oxygen atoms in total. The minimum absolute atomic E-state index is 0.284. The van der Waals surface area contributed by atoms with Gasteiger partial charge >= 0.3 is 7.12 Å². The van der Waals surface area contributed by atoms with Gasteiger partial charge < -0.3 is 10.0 Å². The highest BCUT2D eigenvalue weighted by molar-refractivity contribution is 7.28. The maximum Gasteiger partial charge on any atom is 0.499 e. The summed E-state index contributed by atoms with van der Waals surface area (Å²) in [5.41, 5.74) is 0. The zero-order valence-corrected chi connectivity index (χ0v) is 8.44. The van der Waals surface area contributed by atoms with Crippen molar-refractivity contribution < 1.29 is 14.4 Å². The summed E-state index contributed by atoms with van der Waals surface area (Å²) in [6, 6.07) is 4.18. The first-order valence-corrected chi connectivity index (χ1v) is 5.02. The van der Waals surface area contributed by atoms with Crippen LogP contribution in [0, 0.1) is 5.82 Å². The molecule has 1 heterocycles. The second kappa shape index (κ2) is 3.51. The monoisotopic (exact) mass is 230 g/mol. The van der Waals surface area contributed by atoms with Crippen LogP contribution >= 0.6 is 22.9 Å². The van der Waals surface area contributed by atoms with Crippen LogP contribution in [0.3, 0.4) is 0 Å². The maximum absolute atomic E-state index is 13.2. The number of hydrogen-bond acceptors (Lipinski definition) is 3. The van der Waals surface area contributed by atoms with Crippen LogP contribution in [0.5, 0.6) is 0 Å². The average Bonchev–Trinajstić information content (AvgIpc) is 2.57. The minimum Gasteiger partial charge on any atom is -0.423 e. The number of benzene rings is 1. The number of halogens is 2. The first-order chi connectivity index (χ1) is 6.59. The molecule has 2 rings (SSSR count). The van der Waals surface area contributed by atoms with Crippen LogP contribution < -0.4 is 4.78 Å². The Kier molecular flexibility index (Phi) is 2.49. The summed E-state index contributed by atoms with van der Waals surface area (Å²) in [6.07, 6.45) is 0. The van der Waals surface area contributed by atoms with Crippen LogP contribution in [0.4, 0.5) is 4.39 Å². The van der Waals surface area contributed by atoms with E-state index in [0.717, 1.165) is 11.3 Å². The van der Waals surface area contributed by atoms with Crippen molar-refractivity contribution in [1.82, 2.24) is 0 Å². The van der Waals surface area contributed by atoms with Crippen molar-refractivity contribution in [2.24, 2.45) is 0 Å². The zero-order chi connectivity index (χ0) is 10.3. The predicted molar refractivity (Wildman–Crippen MR) is 56.6 cm³/mol. The van der Waals surface area contributed by atoms with Gasteiger partial charge in [-0.15, -0.1) is 11.3 Å². The lowest BCUT2D eigenvalue weighted by atomic mass is 9.89. The maximum atomic E-state index is 13.2. The lowest BCUT2D eigenvalue weighted by Gasteiger charge is -1.93. The van der Waals surface area contributed by atoms with E-state index in [4.69, 9.17) is 21.6 Å². The SMILES string of the molecule is OB(O)c1cc2c(Cl)ccc(F)c2s1. The molecule has 6 heteroatoms. The Hall–Kier alpha value is -0.615. The van der Waals surface area contributed by atoms with Crippen LogP contribution in [0.25, 0.3) is 10.1 Å². The van der Waals surface area contributed by atoms with Gasteiger partial charge in [0.05, 0.1) is 4.70 Å². The lowest BCUT2D eigenvalue weighted by Crippen LogP contribution is -2.26. The predicted octanol–water partition coefficient (Wildman–Crippen LogP) is 1.37. The summed E-state index contributed by atoms with van der Waals surface area (Å²) in [6.45, 7) is 0. The summed E-state index contributed by atoms with van der Waals surface area (Å²) < 4.78 is 13.9.